The fraction of sp³-hybridized carbons (Fsp3) is 0.533. The second kappa shape index (κ2) is 7.65. The number of hydrogen-bond acceptors (Lipinski definition) is 2. The van der Waals surface area contributed by atoms with Crippen LogP contribution in [0.15, 0.2) is 22.7 Å². The molecule has 0 aliphatic rings. The lowest BCUT2D eigenvalue weighted by Gasteiger charge is -2.20. The second-order valence-corrected chi connectivity index (χ2v) is 6.00. The lowest BCUT2D eigenvalue weighted by atomic mass is 10.1. The maximum absolute atomic E-state index is 11.9. The van der Waals surface area contributed by atoms with E-state index >= 15 is 0 Å². The molecule has 1 aromatic rings. The normalized spacial score (nSPS) is 11.1. The summed E-state index contributed by atoms with van der Waals surface area (Å²) < 4.78 is 0.972. The highest BCUT2D eigenvalue weighted by Gasteiger charge is 2.07. The Balaban J connectivity index is 2.37. The second-order valence-electron chi connectivity index (χ2n) is 5.15. The first-order valence-corrected chi connectivity index (χ1v) is 7.45. The first-order valence-electron chi connectivity index (χ1n) is 6.66. The summed E-state index contributed by atoms with van der Waals surface area (Å²) in [7, 11) is 2.10. The molecule has 1 N–H and O–H groups in total. The smallest absolute Gasteiger partial charge is 0.251 e. The van der Waals surface area contributed by atoms with Gasteiger partial charge in [0, 0.05) is 22.6 Å². The molecule has 0 atom stereocenters. The summed E-state index contributed by atoms with van der Waals surface area (Å²) in [6.07, 6.45) is 0.966. The van der Waals surface area contributed by atoms with Crippen molar-refractivity contribution in [2.24, 2.45) is 0 Å². The van der Waals surface area contributed by atoms with E-state index in [0.29, 0.717) is 18.2 Å². The van der Waals surface area contributed by atoms with E-state index in [4.69, 9.17) is 0 Å². The molecule has 106 valence electrons. The molecule has 0 aromatic heterocycles. The lowest BCUT2D eigenvalue weighted by molar-refractivity contribution is 0.0951. The van der Waals surface area contributed by atoms with Gasteiger partial charge in [-0.1, -0.05) is 22.0 Å². The Kier molecular flexibility index (Phi) is 6.52. The van der Waals surface area contributed by atoms with Crippen molar-refractivity contribution in [3.63, 3.8) is 0 Å². The van der Waals surface area contributed by atoms with Crippen LogP contribution in [-0.4, -0.2) is 37.0 Å². The van der Waals surface area contributed by atoms with Gasteiger partial charge in [-0.25, -0.2) is 0 Å². The standard InChI is InChI=1S/C15H23BrN2O/c1-11(2)18(4)9-5-8-17-15(19)13-7-6-12(3)14(16)10-13/h6-7,10-11H,5,8-9H2,1-4H3,(H,17,19). The van der Waals surface area contributed by atoms with Gasteiger partial charge in [-0.3, -0.25) is 4.79 Å². The number of carbonyl (C=O) groups excluding carboxylic acids is 1. The fourth-order valence-corrected chi connectivity index (χ4v) is 2.00. The molecule has 19 heavy (non-hydrogen) atoms. The summed E-state index contributed by atoms with van der Waals surface area (Å²) in [6, 6.07) is 6.22. The van der Waals surface area contributed by atoms with Gasteiger partial charge in [-0.15, -0.1) is 0 Å². The first kappa shape index (κ1) is 16.2. The molecule has 0 radical (unpaired) electrons. The van der Waals surface area contributed by atoms with Gasteiger partial charge in [0.2, 0.25) is 0 Å². The molecule has 0 spiro atoms. The zero-order valence-electron chi connectivity index (χ0n) is 12.2. The molecule has 0 saturated carbocycles. The molecule has 1 aromatic carbocycles. The minimum Gasteiger partial charge on any atom is -0.352 e. The SMILES string of the molecule is Cc1ccc(C(=O)NCCCN(C)C(C)C)cc1Br. The van der Waals surface area contributed by atoms with E-state index in [1.807, 2.05) is 25.1 Å². The number of carbonyl (C=O) groups is 1. The van der Waals surface area contributed by atoms with E-state index in [9.17, 15) is 4.79 Å². The average molecular weight is 327 g/mol. The molecule has 0 heterocycles. The largest absolute Gasteiger partial charge is 0.352 e. The van der Waals surface area contributed by atoms with Crippen molar-refractivity contribution in [2.45, 2.75) is 33.2 Å². The van der Waals surface area contributed by atoms with Crippen molar-refractivity contribution in [1.82, 2.24) is 10.2 Å². The minimum atomic E-state index is -0.00657. The van der Waals surface area contributed by atoms with Crippen LogP contribution in [0.3, 0.4) is 0 Å². The van der Waals surface area contributed by atoms with Gasteiger partial charge in [0.05, 0.1) is 0 Å². The van der Waals surface area contributed by atoms with E-state index in [1.165, 1.54) is 0 Å². The van der Waals surface area contributed by atoms with E-state index in [-0.39, 0.29) is 5.91 Å². The number of amides is 1. The Morgan fingerprint density at radius 2 is 2.11 bits per heavy atom. The highest BCUT2D eigenvalue weighted by molar-refractivity contribution is 9.10. The van der Waals surface area contributed by atoms with Crippen molar-refractivity contribution in [3.05, 3.63) is 33.8 Å². The Labute approximate surface area is 124 Å². The van der Waals surface area contributed by atoms with Gasteiger partial charge in [0.25, 0.3) is 5.91 Å². The molecule has 3 nitrogen and oxygen atoms in total. The average Bonchev–Trinajstić information content (AvgIpc) is 2.37. The quantitative estimate of drug-likeness (QED) is 0.814. The van der Waals surface area contributed by atoms with E-state index in [2.05, 4.69) is 47.0 Å². The molecule has 0 saturated heterocycles. The van der Waals surface area contributed by atoms with Crippen molar-refractivity contribution in [3.8, 4) is 0 Å². The maximum atomic E-state index is 11.9. The molecule has 1 amide bonds. The van der Waals surface area contributed by atoms with Gasteiger partial charge < -0.3 is 10.2 Å². The molecular weight excluding hydrogens is 304 g/mol. The zero-order chi connectivity index (χ0) is 14.4. The molecule has 0 unspecified atom stereocenters. The maximum Gasteiger partial charge on any atom is 0.251 e. The lowest BCUT2D eigenvalue weighted by Crippen LogP contribution is -2.31. The van der Waals surface area contributed by atoms with Gasteiger partial charge in [0.15, 0.2) is 0 Å². The van der Waals surface area contributed by atoms with Crippen LogP contribution in [0.5, 0.6) is 0 Å². The number of rotatable bonds is 6. The molecule has 1 rings (SSSR count). The van der Waals surface area contributed by atoms with Crippen molar-refractivity contribution < 1.29 is 4.79 Å². The van der Waals surface area contributed by atoms with Gasteiger partial charge >= 0.3 is 0 Å². The summed E-state index contributed by atoms with van der Waals surface area (Å²) in [6.45, 7) is 8.05. The van der Waals surface area contributed by atoms with Gasteiger partial charge in [-0.05, 0) is 58.5 Å². The van der Waals surface area contributed by atoms with Crippen LogP contribution >= 0.6 is 15.9 Å². The third-order valence-corrected chi connectivity index (χ3v) is 4.14. The van der Waals surface area contributed by atoms with Crippen LogP contribution in [0.4, 0.5) is 0 Å². The predicted molar refractivity (Wildman–Crippen MR) is 83.6 cm³/mol. The number of aryl methyl sites for hydroxylation is 1. The fourth-order valence-electron chi connectivity index (χ4n) is 1.62. The minimum absolute atomic E-state index is 0.00657. The van der Waals surface area contributed by atoms with Gasteiger partial charge in [0.1, 0.15) is 0 Å². The van der Waals surface area contributed by atoms with Crippen LogP contribution in [0.25, 0.3) is 0 Å². The highest BCUT2D eigenvalue weighted by Crippen LogP contribution is 2.17. The Bertz CT molecular complexity index is 432. The third-order valence-electron chi connectivity index (χ3n) is 3.29. The third kappa shape index (κ3) is 5.33. The van der Waals surface area contributed by atoms with Crippen molar-refractivity contribution in [1.29, 1.82) is 0 Å². The molecule has 0 fully saturated rings. The van der Waals surface area contributed by atoms with Crippen LogP contribution in [0, 0.1) is 6.92 Å². The predicted octanol–water partition coefficient (Wildman–Crippen LogP) is 3.22. The van der Waals surface area contributed by atoms with E-state index in [1.54, 1.807) is 0 Å². The highest BCUT2D eigenvalue weighted by atomic mass is 79.9. The van der Waals surface area contributed by atoms with Crippen molar-refractivity contribution in [2.75, 3.05) is 20.1 Å². The Morgan fingerprint density at radius 1 is 1.42 bits per heavy atom. The summed E-state index contributed by atoms with van der Waals surface area (Å²) in [5.41, 5.74) is 1.84. The van der Waals surface area contributed by atoms with Crippen LogP contribution < -0.4 is 5.32 Å². The zero-order valence-corrected chi connectivity index (χ0v) is 13.8. The van der Waals surface area contributed by atoms with E-state index < -0.39 is 0 Å². The Morgan fingerprint density at radius 3 is 2.68 bits per heavy atom. The first-order chi connectivity index (χ1) is 8.91. The number of benzene rings is 1. The number of nitrogens with zero attached hydrogens (tertiary/aromatic N) is 1. The monoisotopic (exact) mass is 326 g/mol. The van der Waals surface area contributed by atoms with Crippen LogP contribution in [-0.2, 0) is 0 Å². The number of halogens is 1. The molecule has 0 aliphatic carbocycles. The summed E-state index contributed by atoms with van der Waals surface area (Å²) in [5.74, 6) is -0.00657. The van der Waals surface area contributed by atoms with Crippen LogP contribution in [0.1, 0.15) is 36.2 Å². The summed E-state index contributed by atoms with van der Waals surface area (Å²) in [4.78, 5) is 14.2. The molecular formula is C15H23BrN2O. The topological polar surface area (TPSA) is 32.3 Å². The summed E-state index contributed by atoms with van der Waals surface area (Å²) in [5, 5.41) is 2.95. The van der Waals surface area contributed by atoms with E-state index in [0.717, 1.165) is 23.0 Å². The Hall–Kier alpha value is -0.870. The number of nitrogens with one attached hydrogen (secondary N) is 1. The summed E-state index contributed by atoms with van der Waals surface area (Å²) >= 11 is 3.44. The van der Waals surface area contributed by atoms with Crippen LogP contribution in [0.2, 0.25) is 0 Å². The molecule has 0 bridgehead atoms. The number of hydrogen-bond donors (Lipinski definition) is 1. The molecule has 4 heteroatoms. The van der Waals surface area contributed by atoms with Crippen molar-refractivity contribution >= 4 is 21.8 Å². The molecule has 0 aliphatic heterocycles. The van der Waals surface area contributed by atoms with Gasteiger partial charge in [-0.2, -0.15) is 0 Å².